The van der Waals surface area contributed by atoms with Gasteiger partial charge in [-0.15, -0.1) is 0 Å². The molecule has 3 nitrogen and oxygen atoms in total. The lowest BCUT2D eigenvalue weighted by Crippen LogP contribution is -2.35. The average Bonchev–Trinajstić information content (AvgIpc) is 2.94. The third-order valence-corrected chi connectivity index (χ3v) is 4.33. The van der Waals surface area contributed by atoms with Crippen LogP contribution >= 0.6 is 0 Å². The second kappa shape index (κ2) is 5.59. The molecule has 2 fully saturated rings. The Morgan fingerprint density at radius 3 is 3.00 bits per heavy atom. The van der Waals surface area contributed by atoms with Crippen LogP contribution in [0, 0.1) is 11.8 Å². The Labute approximate surface area is 116 Å². The third kappa shape index (κ3) is 2.82. The van der Waals surface area contributed by atoms with E-state index in [0.717, 1.165) is 19.1 Å². The molecule has 1 aromatic rings. The van der Waals surface area contributed by atoms with Crippen molar-refractivity contribution in [2.45, 2.75) is 45.4 Å². The molecule has 1 aromatic heterocycles. The summed E-state index contributed by atoms with van der Waals surface area (Å²) in [5.74, 6) is 1.37. The van der Waals surface area contributed by atoms with E-state index in [9.17, 15) is 0 Å². The fourth-order valence-corrected chi connectivity index (χ4v) is 3.48. The van der Waals surface area contributed by atoms with Crippen molar-refractivity contribution in [1.82, 2.24) is 9.88 Å². The molecule has 2 heterocycles. The molecular formula is C16H24N2O. The fraction of sp³-hybridized carbons (Fsp3) is 0.688. The SMILES string of the molecule is CC(C)COC1C2CCC1N(Cc1ccccn1)C2. The topological polar surface area (TPSA) is 25.4 Å². The van der Waals surface area contributed by atoms with Gasteiger partial charge in [0.1, 0.15) is 0 Å². The predicted octanol–water partition coefficient (Wildman–Crippen LogP) is 2.72. The van der Waals surface area contributed by atoms with Crippen molar-refractivity contribution in [3.8, 4) is 0 Å². The van der Waals surface area contributed by atoms with Gasteiger partial charge >= 0.3 is 0 Å². The van der Waals surface area contributed by atoms with E-state index in [4.69, 9.17) is 4.74 Å². The van der Waals surface area contributed by atoms with Crippen molar-refractivity contribution in [3.63, 3.8) is 0 Å². The molecule has 1 saturated carbocycles. The highest BCUT2D eigenvalue weighted by Crippen LogP contribution is 2.40. The van der Waals surface area contributed by atoms with Gasteiger partial charge in [0, 0.05) is 31.9 Å². The molecule has 3 atom stereocenters. The molecule has 2 aliphatic rings. The lowest BCUT2D eigenvalue weighted by atomic mass is 10.1. The zero-order chi connectivity index (χ0) is 13.2. The van der Waals surface area contributed by atoms with E-state index in [1.54, 1.807) is 0 Å². The van der Waals surface area contributed by atoms with Gasteiger partial charge in [0.2, 0.25) is 0 Å². The second-order valence-corrected chi connectivity index (χ2v) is 6.35. The monoisotopic (exact) mass is 260 g/mol. The number of nitrogens with zero attached hydrogens (tertiary/aromatic N) is 2. The first-order valence-electron chi connectivity index (χ1n) is 7.49. The summed E-state index contributed by atoms with van der Waals surface area (Å²) in [6, 6.07) is 6.79. The Balaban J connectivity index is 1.61. The summed E-state index contributed by atoms with van der Waals surface area (Å²) in [6.45, 7) is 7.51. The van der Waals surface area contributed by atoms with Crippen LogP contribution in [-0.4, -0.2) is 35.2 Å². The maximum atomic E-state index is 6.16. The number of hydrogen-bond donors (Lipinski definition) is 0. The predicted molar refractivity (Wildman–Crippen MR) is 75.7 cm³/mol. The van der Waals surface area contributed by atoms with E-state index >= 15 is 0 Å². The highest BCUT2D eigenvalue weighted by atomic mass is 16.5. The molecule has 19 heavy (non-hydrogen) atoms. The number of aromatic nitrogens is 1. The minimum absolute atomic E-state index is 0.464. The summed E-state index contributed by atoms with van der Waals surface area (Å²) in [5, 5.41) is 0. The van der Waals surface area contributed by atoms with Crippen LogP contribution in [0.15, 0.2) is 24.4 Å². The van der Waals surface area contributed by atoms with Gasteiger partial charge in [-0.25, -0.2) is 0 Å². The zero-order valence-corrected chi connectivity index (χ0v) is 12.0. The Morgan fingerprint density at radius 2 is 2.26 bits per heavy atom. The van der Waals surface area contributed by atoms with E-state index in [1.165, 1.54) is 25.1 Å². The first-order chi connectivity index (χ1) is 9.24. The van der Waals surface area contributed by atoms with Crippen molar-refractivity contribution in [1.29, 1.82) is 0 Å². The van der Waals surface area contributed by atoms with E-state index in [1.807, 2.05) is 12.3 Å². The molecule has 1 aliphatic heterocycles. The minimum Gasteiger partial charge on any atom is -0.376 e. The molecule has 1 saturated heterocycles. The molecule has 0 radical (unpaired) electrons. The van der Waals surface area contributed by atoms with Crippen LogP contribution in [0.5, 0.6) is 0 Å². The number of rotatable bonds is 5. The van der Waals surface area contributed by atoms with Crippen LogP contribution in [-0.2, 0) is 11.3 Å². The largest absolute Gasteiger partial charge is 0.376 e. The van der Waals surface area contributed by atoms with Crippen molar-refractivity contribution in [2.75, 3.05) is 13.2 Å². The minimum atomic E-state index is 0.464. The maximum Gasteiger partial charge on any atom is 0.0770 e. The van der Waals surface area contributed by atoms with Crippen LogP contribution in [0.1, 0.15) is 32.4 Å². The van der Waals surface area contributed by atoms with Crippen molar-refractivity contribution < 1.29 is 4.74 Å². The van der Waals surface area contributed by atoms with E-state index in [2.05, 4.69) is 35.9 Å². The highest BCUT2D eigenvalue weighted by Gasteiger charge is 2.47. The van der Waals surface area contributed by atoms with E-state index in [-0.39, 0.29) is 0 Å². The molecule has 0 amide bonds. The molecular weight excluding hydrogens is 236 g/mol. The van der Waals surface area contributed by atoms with Crippen molar-refractivity contribution in [2.24, 2.45) is 11.8 Å². The zero-order valence-electron chi connectivity index (χ0n) is 12.0. The number of likely N-dealkylation sites (tertiary alicyclic amines) is 1. The van der Waals surface area contributed by atoms with Crippen LogP contribution in [0.25, 0.3) is 0 Å². The number of hydrogen-bond acceptors (Lipinski definition) is 3. The Kier molecular flexibility index (Phi) is 3.85. The average molecular weight is 260 g/mol. The summed E-state index contributed by atoms with van der Waals surface area (Å²) in [7, 11) is 0. The molecule has 3 rings (SSSR count). The fourth-order valence-electron chi connectivity index (χ4n) is 3.48. The summed E-state index contributed by atoms with van der Waals surface area (Å²) in [5.41, 5.74) is 1.18. The number of pyridine rings is 1. The maximum absolute atomic E-state index is 6.16. The standard InChI is InChI=1S/C16H24N2O/c1-12(2)11-19-16-13-6-7-15(16)18(9-13)10-14-5-3-4-8-17-14/h3-5,8,12-13,15-16H,6-7,9-11H2,1-2H3. The van der Waals surface area contributed by atoms with Gasteiger partial charge in [-0.05, 0) is 36.8 Å². The van der Waals surface area contributed by atoms with Crippen LogP contribution in [0.4, 0.5) is 0 Å². The number of fused-ring (bicyclic) bond motifs is 2. The van der Waals surface area contributed by atoms with Gasteiger partial charge in [0.25, 0.3) is 0 Å². The molecule has 0 spiro atoms. The molecule has 1 aliphatic carbocycles. The first-order valence-corrected chi connectivity index (χ1v) is 7.49. The normalized spacial score (nSPS) is 30.4. The van der Waals surface area contributed by atoms with Gasteiger partial charge in [-0.2, -0.15) is 0 Å². The van der Waals surface area contributed by atoms with E-state index < -0.39 is 0 Å². The van der Waals surface area contributed by atoms with Gasteiger partial charge < -0.3 is 4.74 Å². The van der Waals surface area contributed by atoms with Crippen LogP contribution in [0.2, 0.25) is 0 Å². The molecule has 0 N–H and O–H groups in total. The lowest BCUT2D eigenvalue weighted by molar-refractivity contribution is 0.0122. The highest BCUT2D eigenvalue weighted by molar-refractivity contribution is 5.07. The van der Waals surface area contributed by atoms with Gasteiger partial charge in [0.15, 0.2) is 0 Å². The Hall–Kier alpha value is -0.930. The van der Waals surface area contributed by atoms with Crippen LogP contribution in [0.3, 0.4) is 0 Å². The molecule has 2 bridgehead atoms. The summed E-state index contributed by atoms with van der Waals surface area (Å²) >= 11 is 0. The molecule has 104 valence electrons. The van der Waals surface area contributed by atoms with Gasteiger partial charge in [-0.3, -0.25) is 9.88 Å². The third-order valence-electron chi connectivity index (χ3n) is 4.33. The number of piperidine rings is 1. The Bertz CT molecular complexity index is 406. The van der Waals surface area contributed by atoms with Crippen LogP contribution < -0.4 is 0 Å². The summed E-state index contributed by atoms with van der Waals surface area (Å²) in [6.07, 6.45) is 4.98. The molecule has 3 heteroatoms. The Morgan fingerprint density at radius 1 is 1.37 bits per heavy atom. The molecule has 3 unspecified atom stereocenters. The first kappa shape index (κ1) is 13.1. The summed E-state index contributed by atoms with van der Waals surface area (Å²) < 4.78 is 6.16. The van der Waals surface area contributed by atoms with Crippen molar-refractivity contribution in [3.05, 3.63) is 30.1 Å². The van der Waals surface area contributed by atoms with E-state index in [0.29, 0.717) is 18.1 Å². The van der Waals surface area contributed by atoms with Gasteiger partial charge in [0.05, 0.1) is 11.8 Å². The molecule has 0 aromatic carbocycles. The summed E-state index contributed by atoms with van der Waals surface area (Å²) in [4.78, 5) is 7.01. The number of ether oxygens (including phenoxy) is 1. The second-order valence-electron chi connectivity index (χ2n) is 6.35. The van der Waals surface area contributed by atoms with Crippen molar-refractivity contribution >= 4 is 0 Å². The quantitative estimate of drug-likeness (QED) is 0.814. The van der Waals surface area contributed by atoms with Gasteiger partial charge in [-0.1, -0.05) is 19.9 Å². The smallest absolute Gasteiger partial charge is 0.0770 e. The lowest BCUT2D eigenvalue weighted by Gasteiger charge is -2.26.